The van der Waals surface area contributed by atoms with Crippen LogP contribution in [0, 0.1) is 0 Å². The lowest BCUT2D eigenvalue weighted by molar-refractivity contribution is 0.0969. The molecule has 0 spiro atoms. The number of Topliss-reactive ketones (excluding diaryl/α,β-unsaturated/α-hetero) is 1. The highest BCUT2D eigenvalue weighted by Crippen LogP contribution is 2.26. The van der Waals surface area contributed by atoms with Gasteiger partial charge < -0.3 is 4.42 Å². The molecule has 14 heavy (non-hydrogen) atoms. The molecular weight excluding hydrogens is 206 g/mol. The van der Waals surface area contributed by atoms with Gasteiger partial charge in [0.25, 0.3) is 10.0 Å². The maximum absolute atomic E-state index is 11.3. The average molecular weight is 215 g/mol. The summed E-state index contributed by atoms with van der Waals surface area (Å²) in [5.74, 6) is 0.357. The Morgan fingerprint density at radius 1 is 1.36 bits per heavy atom. The van der Waals surface area contributed by atoms with Crippen LogP contribution in [-0.2, 0) is 16.4 Å². The molecule has 0 saturated heterocycles. The fraction of sp³-hybridized carbons (Fsp3) is 0.375. The topological polar surface area (TPSA) is 90.4 Å². The number of fused-ring (bicyclic) bond motifs is 1. The molecule has 1 aliphatic carbocycles. The number of furan rings is 1. The van der Waals surface area contributed by atoms with E-state index in [1.54, 1.807) is 0 Å². The van der Waals surface area contributed by atoms with Crippen LogP contribution in [0.1, 0.15) is 29.0 Å². The minimum atomic E-state index is -3.84. The highest BCUT2D eigenvalue weighted by Gasteiger charge is 2.25. The van der Waals surface area contributed by atoms with Crippen molar-refractivity contribution in [3.63, 3.8) is 0 Å². The molecule has 2 rings (SSSR count). The third-order valence-electron chi connectivity index (χ3n) is 2.17. The smallest absolute Gasteiger partial charge is 0.271 e. The molecule has 0 atom stereocenters. The molecule has 2 N–H and O–H groups in total. The van der Waals surface area contributed by atoms with Crippen molar-refractivity contribution < 1.29 is 17.6 Å². The lowest BCUT2D eigenvalue weighted by Crippen LogP contribution is -2.10. The summed E-state index contributed by atoms with van der Waals surface area (Å²) in [6, 6.07) is 1.21. The second-order valence-electron chi connectivity index (χ2n) is 3.22. The second kappa shape index (κ2) is 2.93. The van der Waals surface area contributed by atoms with Gasteiger partial charge in [-0.1, -0.05) is 0 Å². The summed E-state index contributed by atoms with van der Waals surface area (Å²) in [6.45, 7) is 0. The Morgan fingerprint density at radius 3 is 2.64 bits per heavy atom. The van der Waals surface area contributed by atoms with Crippen molar-refractivity contribution >= 4 is 15.8 Å². The lowest BCUT2D eigenvalue weighted by Gasteiger charge is -2.06. The van der Waals surface area contributed by atoms with E-state index >= 15 is 0 Å². The maximum atomic E-state index is 11.3. The minimum Gasteiger partial charge on any atom is -0.448 e. The number of ketones is 1. The maximum Gasteiger partial charge on any atom is 0.271 e. The highest BCUT2D eigenvalue weighted by atomic mass is 32.2. The van der Waals surface area contributed by atoms with Gasteiger partial charge in [0.15, 0.2) is 5.78 Å². The normalized spacial score (nSPS) is 16.8. The van der Waals surface area contributed by atoms with Gasteiger partial charge in [-0.05, 0) is 6.42 Å². The number of nitrogens with two attached hydrogens (primary N) is 1. The van der Waals surface area contributed by atoms with E-state index in [2.05, 4.69) is 0 Å². The summed E-state index contributed by atoms with van der Waals surface area (Å²) in [7, 11) is -3.84. The molecule has 0 radical (unpaired) electrons. The van der Waals surface area contributed by atoms with E-state index < -0.39 is 10.0 Å². The van der Waals surface area contributed by atoms with Crippen LogP contribution in [0.25, 0.3) is 0 Å². The van der Waals surface area contributed by atoms with Crippen LogP contribution in [0.15, 0.2) is 15.6 Å². The summed E-state index contributed by atoms with van der Waals surface area (Å²) >= 11 is 0. The van der Waals surface area contributed by atoms with Gasteiger partial charge in [-0.25, -0.2) is 13.6 Å². The number of rotatable bonds is 1. The Labute approximate surface area is 80.9 Å². The second-order valence-corrected chi connectivity index (χ2v) is 4.72. The molecule has 0 aromatic carbocycles. The quantitative estimate of drug-likeness (QED) is 0.736. The number of primary sulfonamides is 1. The number of hydrogen-bond acceptors (Lipinski definition) is 4. The van der Waals surface area contributed by atoms with Crippen molar-refractivity contribution in [1.82, 2.24) is 0 Å². The van der Waals surface area contributed by atoms with Crippen molar-refractivity contribution in [2.45, 2.75) is 24.4 Å². The van der Waals surface area contributed by atoms with Crippen molar-refractivity contribution in [2.75, 3.05) is 0 Å². The van der Waals surface area contributed by atoms with E-state index in [-0.39, 0.29) is 10.9 Å². The number of carbonyl (C=O) groups is 1. The van der Waals surface area contributed by atoms with Crippen molar-refractivity contribution in [2.24, 2.45) is 5.14 Å². The van der Waals surface area contributed by atoms with E-state index in [9.17, 15) is 13.2 Å². The predicted molar refractivity (Wildman–Crippen MR) is 47.3 cm³/mol. The Bertz CT molecular complexity index is 485. The molecule has 76 valence electrons. The van der Waals surface area contributed by atoms with Gasteiger partial charge >= 0.3 is 0 Å². The zero-order chi connectivity index (χ0) is 10.3. The first kappa shape index (κ1) is 9.42. The molecule has 0 fully saturated rings. The summed E-state index contributed by atoms with van der Waals surface area (Å²) in [4.78, 5) is 11.3. The van der Waals surface area contributed by atoms with Crippen LogP contribution in [0.4, 0.5) is 0 Å². The largest absolute Gasteiger partial charge is 0.448 e. The van der Waals surface area contributed by atoms with Gasteiger partial charge in [0.2, 0.25) is 5.09 Å². The SMILES string of the molecule is NS(=O)(=O)c1cc2c(o1)CCCC2=O. The van der Waals surface area contributed by atoms with E-state index in [0.717, 1.165) is 0 Å². The predicted octanol–water partition coefficient (Wildman–Crippen LogP) is 0.446. The van der Waals surface area contributed by atoms with Crippen molar-refractivity contribution in [3.05, 3.63) is 17.4 Å². The molecule has 0 aliphatic heterocycles. The first-order valence-electron chi connectivity index (χ1n) is 4.17. The lowest BCUT2D eigenvalue weighted by atomic mass is 9.98. The zero-order valence-corrected chi connectivity index (χ0v) is 8.13. The number of hydrogen-bond donors (Lipinski definition) is 1. The first-order chi connectivity index (χ1) is 6.48. The van der Waals surface area contributed by atoms with E-state index in [0.29, 0.717) is 30.6 Å². The van der Waals surface area contributed by atoms with Gasteiger partial charge in [-0.3, -0.25) is 4.79 Å². The molecule has 1 aromatic heterocycles. The highest BCUT2D eigenvalue weighted by molar-refractivity contribution is 7.89. The fourth-order valence-corrected chi connectivity index (χ4v) is 2.01. The fourth-order valence-electron chi connectivity index (χ4n) is 1.51. The van der Waals surface area contributed by atoms with Gasteiger partial charge in [-0.15, -0.1) is 0 Å². The summed E-state index contributed by atoms with van der Waals surface area (Å²) in [6.07, 6.45) is 1.73. The number of carbonyl (C=O) groups excluding carboxylic acids is 1. The van der Waals surface area contributed by atoms with Gasteiger partial charge in [-0.2, -0.15) is 0 Å². The Morgan fingerprint density at radius 2 is 2.07 bits per heavy atom. The zero-order valence-electron chi connectivity index (χ0n) is 7.32. The summed E-state index contributed by atoms with van der Waals surface area (Å²) < 4.78 is 26.9. The summed E-state index contributed by atoms with van der Waals surface area (Å²) in [5, 5.41) is 4.56. The van der Waals surface area contributed by atoms with Crippen molar-refractivity contribution in [3.8, 4) is 0 Å². The minimum absolute atomic E-state index is 0.0788. The van der Waals surface area contributed by atoms with Crippen LogP contribution in [0.5, 0.6) is 0 Å². The molecule has 6 heteroatoms. The molecule has 1 aliphatic rings. The standard InChI is InChI=1S/C8H9NO4S/c9-14(11,12)8-4-5-6(10)2-1-3-7(5)13-8/h4H,1-3H2,(H2,9,11,12). The molecule has 0 unspecified atom stereocenters. The van der Waals surface area contributed by atoms with E-state index in [1.807, 2.05) is 0 Å². The van der Waals surface area contributed by atoms with Gasteiger partial charge in [0.05, 0.1) is 5.56 Å². The number of sulfonamides is 1. The van der Waals surface area contributed by atoms with Crippen LogP contribution < -0.4 is 5.14 Å². The molecule has 0 saturated carbocycles. The van der Waals surface area contributed by atoms with Crippen LogP contribution in [0.3, 0.4) is 0 Å². The molecule has 1 aromatic rings. The van der Waals surface area contributed by atoms with E-state index in [4.69, 9.17) is 9.56 Å². The summed E-state index contributed by atoms with van der Waals surface area (Å²) in [5.41, 5.74) is 0.361. The average Bonchev–Trinajstić information content (AvgIpc) is 2.48. The van der Waals surface area contributed by atoms with Crippen LogP contribution in [0.2, 0.25) is 0 Å². The van der Waals surface area contributed by atoms with Gasteiger partial charge in [0, 0.05) is 18.9 Å². The number of aryl methyl sites for hydroxylation is 1. The van der Waals surface area contributed by atoms with Gasteiger partial charge in [0.1, 0.15) is 5.76 Å². The Balaban J connectivity index is 2.56. The van der Waals surface area contributed by atoms with E-state index in [1.165, 1.54) is 6.07 Å². The molecule has 0 bridgehead atoms. The molecule has 1 heterocycles. The molecular formula is C8H9NO4S. The van der Waals surface area contributed by atoms with Crippen molar-refractivity contribution in [1.29, 1.82) is 0 Å². The monoisotopic (exact) mass is 215 g/mol. The Kier molecular flexibility index (Phi) is 1.97. The third kappa shape index (κ3) is 1.46. The van der Waals surface area contributed by atoms with Crippen LogP contribution in [-0.4, -0.2) is 14.2 Å². The molecule has 5 nitrogen and oxygen atoms in total. The first-order valence-corrected chi connectivity index (χ1v) is 5.72. The third-order valence-corrected chi connectivity index (χ3v) is 2.94. The van der Waals surface area contributed by atoms with Crippen LogP contribution >= 0.6 is 0 Å². The Hall–Kier alpha value is -1.14. The molecule has 0 amide bonds.